The van der Waals surface area contributed by atoms with Crippen LogP contribution in [0, 0.1) is 10.1 Å². The largest absolute Gasteiger partial charge is 0.444 e. The zero-order chi connectivity index (χ0) is 20.2. The Morgan fingerprint density at radius 1 is 1.07 bits per heavy atom. The number of hydrogen-bond donors (Lipinski definition) is 0. The van der Waals surface area contributed by atoms with E-state index in [2.05, 4.69) is 0 Å². The molecule has 144 valence electrons. The standard InChI is InChI=1S/C19H17N3O6/c1-20-17(24)16-14(10-6-8-11(9-7-10)22(26)27)15-12(23)4-3-5-13(15)28-18(16)21(2)19(20)25/h6-9,14H,3-5H2,1-2H3. The number of allylic oxidation sites excluding steroid dienone is 2. The van der Waals surface area contributed by atoms with E-state index in [0.717, 1.165) is 4.57 Å². The summed E-state index contributed by atoms with van der Waals surface area (Å²) in [6, 6.07) is 5.75. The number of fused-ring (bicyclic) bond motifs is 1. The van der Waals surface area contributed by atoms with E-state index in [9.17, 15) is 24.5 Å². The van der Waals surface area contributed by atoms with Crippen molar-refractivity contribution in [2.75, 3.05) is 0 Å². The van der Waals surface area contributed by atoms with E-state index < -0.39 is 22.1 Å². The molecule has 0 fully saturated rings. The molecule has 1 aromatic heterocycles. The number of nitro groups is 1. The van der Waals surface area contributed by atoms with Gasteiger partial charge in [-0.15, -0.1) is 0 Å². The van der Waals surface area contributed by atoms with Crippen molar-refractivity contribution in [1.29, 1.82) is 0 Å². The smallest absolute Gasteiger partial charge is 0.333 e. The van der Waals surface area contributed by atoms with Crippen molar-refractivity contribution in [3.05, 3.63) is 77.7 Å². The van der Waals surface area contributed by atoms with Crippen molar-refractivity contribution in [3.63, 3.8) is 0 Å². The Balaban J connectivity index is 2.03. The van der Waals surface area contributed by atoms with Gasteiger partial charge >= 0.3 is 5.69 Å². The Kier molecular flexibility index (Phi) is 4.02. The minimum atomic E-state index is -0.738. The van der Waals surface area contributed by atoms with Gasteiger partial charge in [-0.25, -0.2) is 4.79 Å². The van der Waals surface area contributed by atoms with Crippen molar-refractivity contribution >= 4 is 11.5 Å². The molecule has 0 spiro atoms. The monoisotopic (exact) mass is 383 g/mol. The summed E-state index contributed by atoms with van der Waals surface area (Å²) in [5.41, 5.74) is -0.0261. The molecule has 2 aliphatic rings. The van der Waals surface area contributed by atoms with Crippen LogP contribution in [0.15, 0.2) is 45.2 Å². The quantitative estimate of drug-likeness (QED) is 0.574. The second kappa shape index (κ2) is 6.29. The Bertz CT molecular complexity index is 1170. The lowest BCUT2D eigenvalue weighted by molar-refractivity contribution is -0.384. The molecule has 2 heterocycles. The maximum absolute atomic E-state index is 13.0. The van der Waals surface area contributed by atoms with Gasteiger partial charge in [0.2, 0.25) is 5.88 Å². The summed E-state index contributed by atoms with van der Waals surface area (Å²) < 4.78 is 8.09. The van der Waals surface area contributed by atoms with Gasteiger partial charge in [-0.3, -0.25) is 28.8 Å². The van der Waals surface area contributed by atoms with Crippen molar-refractivity contribution in [3.8, 4) is 5.88 Å². The summed E-state index contributed by atoms with van der Waals surface area (Å²) in [4.78, 5) is 48.5. The molecule has 0 amide bonds. The molecule has 1 aromatic carbocycles. The third kappa shape index (κ3) is 2.50. The lowest BCUT2D eigenvalue weighted by Crippen LogP contribution is -2.43. The van der Waals surface area contributed by atoms with Crippen LogP contribution in [0.25, 0.3) is 0 Å². The molecule has 1 atom stereocenters. The van der Waals surface area contributed by atoms with E-state index in [4.69, 9.17) is 4.74 Å². The number of non-ortho nitro benzene ring substituents is 1. The van der Waals surface area contributed by atoms with Gasteiger partial charge in [0.25, 0.3) is 11.2 Å². The predicted octanol–water partition coefficient (Wildman–Crippen LogP) is 1.52. The molecule has 28 heavy (non-hydrogen) atoms. The second-order valence-corrected chi connectivity index (χ2v) is 6.92. The highest BCUT2D eigenvalue weighted by atomic mass is 16.6. The molecule has 9 nitrogen and oxygen atoms in total. The van der Waals surface area contributed by atoms with Crippen LogP contribution in [0.5, 0.6) is 5.88 Å². The highest BCUT2D eigenvalue weighted by molar-refractivity contribution is 5.99. The Labute approximate surface area is 158 Å². The average molecular weight is 383 g/mol. The number of rotatable bonds is 2. The van der Waals surface area contributed by atoms with Gasteiger partial charge in [-0.1, -0.05) is 12.1 Å². The number of hydrogen-bond acceptors (Lipinski definition) is 6. The summed E-state index contributed by atoms with van der Waals surface area (Å²) in [6.45, 7) is 0. The predicted molar refractivity (Wildman–Crippen MR) is 98.4 cm³/mol. The summed E-state index contributed by atoms with van der Waals surface area (Å²) in [5, 5.41) is 11.0. The highest BCUT2D eigenvalue weighted by Crippen LogP contribution is 2.44. The Morgan fingerprint density at radius 2 is 1.75 bits per heavy atom. The van der Waals surface area contributed by atoms with Gasteiger partial charge in [-0.2, -0.15) is 0 Å². The fourth-order valence-electron chi connectivity index (χ4n) is 3.87. The van der Waals surface area contributed by atoms with Crippen molar-refractivity contribution in [1.82, 2.24) is 9.13 Å². The number of benzene rings is 1. The van der Waals surface area contributed by atoms with Crippen molar-refractivity contribution < 1.29 is 14.5 Å². The molecule has 4 rings (SSSR count). The number of aromatic nitrogens is 2. The van der Waals surface area contributed by atoms with E-state index in [-0.39, 0.29) is 22.9 Å². The molecule has 0 N–H and O–H groups in total. The first-order valence-electron chi connectivity index (χ1n) is 8.79. The topological polar surface area (TPSA) is 113 Å². The molecular formula is C19H17N3O6. The van der Waals surface area contributed by atoms with Gasteiger partial charge in [0.05, 0.1) is 16.4 Å². The normalized spacial score (nSPS) is 18.4. The first kappa shape index (κ1) is 17.9. The zero-order valence-corrected chi connectivity index (χ0v) is 15.3. The van der Waals surface area contributed by atoms with E-state index in [1.54, 1.807) is 0 Å². The number of carbonyl (C=O) groups excluding carboxylic acids is 1. The average Bonchev–Trinajstić information content (AvgIpc) is 2.69. The first-order valence-corrected chi connectivity index (χ1v) is 8.79. The van der Waals surface area contributed by atoms with Crippen LogP contribution >= 0.6 is 0 Å². The second-order valence-electron chi connectivity index (χ2n) is 6.92. The van der Waals surface area contributed by atoms with E-state index in [1.165, 1.54) is 42.9 Å². The highest BCUT2D eigenvalue weighted by Gasteiger charge is 2.40. The van der Waals surface area contributed by atoms with Gasteiger partial charge in [0.15, 0.2) is 5.78 Å². The number of Topliss-reactive ketones (excluding diaryl/α,β-unsaturated/α-hetero) is 1. The fourth-order valence-corrected chi connectivity index (χ4v) is 3.87. The number of ketones is 1. The molecule has 0 saturated heterocycles. The van der Waals surface area contributed by atoms with Crippen LogP contribution in [-0.4, -0.2) is 19.8 Å². The molecule has 1 aliphatic heterocycles. The molecule has 0 saturated carbocycles. The number of nitro benzene ring substituents is 1. The van der Waals surface area contributed by atoms with E-state index >= 15 is 0 Å². The molecule has 1 aliphatic carbocycles. The SMILES string of the molecule is Cn1c2c(c(=O)n(C)c1=O)C(c1ccc([N+](=O)[O-])cc1)C1=C(CCCC1=O)O2. The Hall–Kier alpha value is -3.49. The molecular weight excluding hydrogens is 366 g/mol. The lowest BCUT2D eigenvalue weighted by Gasteiger charge is -2.33. The Morgan fingerprint density at radius 3 is 2.39 bits per heavy atom. The maximum atomic E-state index is 13.0. The fraction of sp³-hybridized carbons (Fsp3) is 0.316. The zero-order valence-electron chi connectivity index (χ0n) is 15.3. The number of ether oxygens (including phenoxy) is 1. The van der Waals surface area contributed by atoms with Crippen LogP contribution in [0.3, 0.4) is 0 Å². The van der Waals surface area contributed by atoms with Crippen molar-refractivity contribution in [2.24, 2.45) is 14.1 Å². The summed E-state index contributed by atoms with van der Waals surface area (Å²) >= 11 is 0. The molecule has 1 unspecified atom stereocenters. The molecule has 0 bridgehead atoms. The van der Waals surface area contributed by atoms with E-state index in [1.807, 2.05) is 0 Å². The summed E-state index contributed by atoms with van der Waals surface area (Å²) in [6.07, 6.45) is 1.49. The van der Waals surface area contributed by atoms with E-state index in [0.29, 0.717) is 36.2 Å². The first-order chi connectivity index (χ1) is 13.3. The minimum Gasteiger partial charge on any atom is -0.444 e. The summed E-state index contributed by atoms with van der Waals surface area (Å²) in [5.74, 6) is -0.288. The van der Waals surface area contributed by atoms with Crippen LogP contribution in [-0.2, 0) is 18.9 Å². The lowest BCUT2D eigenvalue weighted by atomic mass is 9.78. The van der Waals surface area contributed by atoms with Crippen LogP contribution in [0.4, 0.5) is 5.69 Å². The third-order valence-electron chi connectivity index (χ3n) is 5.29. The molecule has 0 radical (unpaired) electrons. The third-order valence-corrected chi connectivity index (χ3v) is 5.29. The van der Waals surface area contributed by atoms with Gasteiger partial charge in [0, 0.05) is 44.6 Å². The molecule has 9 heteroatoms. The van der Waals surface area contributed by atoms with Crippen LogP contribution < -0.4 is 16.0 Å². The van der Waals surface area contributed by atoms with Crippen LogP contribution in [0.1, 0.15) is 36.3 Å². The van der Waals surface area contributed by atoms with Crippen LogP contribution in [0.2, 0.25) is 0 Å². The van der Waals surface area contributed by atoms with Crippen molar-refractivity contribution in [2.45, 2.75) is 25.2 Å². The summed E-state index contributed by atoms with van der Waals surface area (Å²) in [7, 11) is 2.87. The molecule has 2 aromatic rings. The van der Waals surface area contributed by atoms with Gasteiger partial charge < -0.3 is 4.74 Å². The maximum Gasteiger partial charge on any atom is 0.333 e. The minimum absolute atomic E-state index is 0.0893. The van der Waals surface area contributed by atoms with Gasteiger partial charge in [0.1, 0.15) is 5.76 Å². The van der Waals surface area contributed by atoms with Gasteiger partial charge in [-0.05, 0) is 12.0 Å². The number of nitrogens with zero attached hydrogens (tertiary/aromatic N) is 3. The number of carbonyl (C=O) groups is 1.